The number of aromatic amines is 1. The van der Waals surface area contributed by atoms with Gasteiger partial charge < -0.3 is 10.3 Å². The van der Waals surface area contributed by atoms with Crippen molar-refractivity contribution in [1.29, 1.82) is 0 Å². The number of pyridine rings is 2. The number of nitrogens with one attached hydrogen (secondary N) is 2. The molecule has 0 atom stereocenters. The fraction of sp³-hybridized carbons (Fsp3) is 0.185. The first-order valence-corrected chi connectivity index (χ1v) is 10.9. The summed E-state index contributed by atoms with van der Waals surface area (Å²) in [5, 5.41) is 4.05. The van der Waals surface area contributed by atoms with Crippen LogP contribution in [0, 0.1) is 20.8 Å². The average Bonchev–Trinajstić information content (AvgIpc) is 3.28. The molecule has 5 heteroatoms. The van der Waals surface area contributed by atoms with E-state index in [1.807, 2.05) is 73.3 Å². The number of rotatable bonds is 3. The van der Waals surface area contributed by atoms with Crippen molar-refractivity contribution in [2.24, 2.45) is 0 Å². The van der Waals surface area contributed by atoms with Gasteiger partial charge in [0.05, 0.1) is 5.39 Å². The van der Waals surface area contributed by atoms with Crippen molar-refractivity contribution in [3.63, 3.8) is 0 Å². The Morgan fingerprint density at radius 2 is 1.84 bits per heavy atom. The van der Waals surface area contributed by atoms with Crippen molar-refractivity contribution in [3.8, 4) is 5.69 Å². The van der Waals surface area contributed by atoms with Crippen LogP contribution in [0.15, 0.2) is 89.6 Å². The molecular formula is C27H28N4O. The van der Waals surface area contributed by atoms with Crippen LogP contribution in [0.1, 0.15) is 29.7 Å². The van der Waals surface area contributed by atoms with Crippen molar-refractivity contribution < 1.29 is 0 Å². The van der Waals surface area contributed by atoms with Crippen LogP contribution in [0.3, 0.4) is 0 Å². The normalized spacial score (nSPS) is 12.8. The highest BCUT2D eigenvalue weighted by atomic mass is 16.1. The number of fused-ring (bicyclic) bond motifs is 1. The summed E-state index contributed by atoms with van der Waals surface area (Å²) >= 11 is 0. The van der Waals surface area contributed by atoms with Gasteiger partial charge in [0.2, 0.25) is 0 Å². The minimum absolute atomic E-state index is 0.0225. The van der Waals surface area contributed by atoms with E-state index < -0.39 is 0 Å². The molecule has 5 rings (SSSR count). The van der Waals surface area contributed by atoms with Gasteiger partial charge in [-0.1, -0.05) is 30.4 Å². The van der Waals surface area contributed by atoms with Gasteiger partial charge in [-0.05, 0) is 75.1 Å². The molecule has 0 fully saturated rings. The molecule has 1 aliphatic carbocycles. The van der Waals surface area contributed by atoms with Gasteiger partial charge in [-0.15, -0.1) is 0 Å². The van der Waals surface area contributed by atoms with E-state index >= 15 is 0 Å². The summed E-state index contributed by atoms with van der Waals surface area (Å²) < 4.78 is 2.02. The molecular weight excluding hydrogens is 396 g/mol. The number of para-hydroxylation sites is 1. The molecule has 3 heterocycles. The maximum absolute atomic E-state index is 12.8. The van der Waals surface area contributed by atoms with Gasteiger partial charge in [0.15, 0.2) is 5.43 Å². The summed E-state index contributed by atoms with van der Waals surface area (Å²) in [5.41, 5.74) is 5.86. The van der Waals surface area contributed by atoms with Gasteiger partial charge in [0.25, 0.3) is 0 Å². The minimum Gasteiger partial charge on any atom is -0.367 e. The first-order valence-electron chi connectivity index (χ1n) is 10.9. The number of H-pyrrole nitrogens is 1. The largest absolute Gasteiger partial charge is 0.367 e. The number of allylic oxidation sites excluding steroid dienone is 3. The highest BCUT2D eigenvalue weighted by molar-refractivity contribution is 5.81. The number of nitrogens with zero attached hydrogens (tertiary/aromatic N) is 2. The van der Waals surface area contributed by atoms with Crippen LogP contribution >= 0.6 is 0 Å². The van der Waals surface area contributed by atoms with Gasteiger partial charge in [0.1, 0.15) is 11.5 Å². The van der Waals surface area contributed by atoms with Gasteiger partial charge in [-0.3, -0.25) is 9.36 Å². The standard InChI is InChI=1S/C22H21N3O.C5H7N/c1-15-13-19-20(26)14-21(24-17-9-5-3-6-10-17)25(22(19)23-16(15)2)18-11-7-4-8-12-18;1-5-2-3-6-4-5/h4-5,7-14,24H,3,6H2,1-2H3;2-4,6H,1H3. The molecule has 0 spiro atoms. The molecule has 5 nitrogen and oxygen atoms in total. The molecule has 32 heavy (non-hydrogen) atoms. The third-order valence-corrected chi connectivity index (χ3v) is 5.47. The van der Waals surface area contributed by atoms with Crippen molar-refractivity contribution in [2.75, 3.05) is 5.32 Å². The van der Waals surface area contributed by atoms with Gasteiger partial charge in [-0.2, -0.15) is 0 Å². The molecule has 0 unspecified atom stereocenters. The van der Waals surface area contributed by atoms with Crippen molar-refractivity contribution in [1.82, 2.24) is 14.5 Å². The van der Waals surface area contributed by atoms with Gasteiger partial charge >= 0.3 is 0 Å². The van der Waals surface area contributed by atoms with Crippen molar-refractivity contribution in [3.05, 3.63) is 112 Å². The Morgan fingerprint density at radius 1 is 1.03 bits per heavy atom. The highest BCUT2D eigenvalue weighted by Gasteiger charge is 2.14. The van der Waals surface area contributed by atoms with Crippen LogP contribution in [0.4, 0.5) is 5.82 Å². The quantitative estimate of drug-likeness (QED) is 0.426. The molecule has 2 N–H and O–H groups in total. The summed E-state index contributed by atoms with van der Waals surface area (Å²) in [6, 6.07) is 15.6. The van der Waals surface area contributed by atoms with E-state index in [-0.39, 0.29) is 5.43 Å². The number of hydrogen-bond acceptors (Lipinski definition) is 3. The summed E-state index contributed by atoms with van der Waals surface area (Å²) in [6.07, 6.45) is 12.3. The van der Waals surface area contributed by atoms with Gasteiger partial charge in [0, 0.05) is 35.5 Å². The van der Waals surface area contributed by atoms with Gasteiger partial charge in [-0.25, -0.2) is 4.98 Å². The fourth-order valence-electron chi connectivity index (χ4n) is 3.62. The van der Waals surface area contributed by atoms with E-state index in [4.69, 9.17) is 4.98 Å². The minimum atomic E-state index is -0.0225. The molecule has 0 bridgehead atoms. The van der Waals surface area contributed by atoms with Crippen molar-refractivity contribution in [2.45, 2.75) is 33.6 Å². The molecule has 1 aromatic carbocycles. The first kappa shape index (κ1) is 21.4. The van der Waals surface area contributed by atoms with E-state index in [9.17, 15) is 4.79 Å². The second-order valence-corrected chi connectivity index (χ2v) is 7.98. The summed E-state index contributed by atoms with van der Waals surface area (Å²) in [4.78, 5) is 20.4. The predicted molar refractivity (Wildman–Crippen MR) is 132 cm³/mol. The maximum Gasteiger partial charge on any atom is 0.193 e. The Kier molecular flexibility index (Phi) is 6.36. The van der Waals surface area contributed by atoms with Crippen LogP contribution in [0.5, 0.6) is 0 Å². The lowest BCUT2D eigenvalue weighted by atomic mass is 10.1. The lowest BCUT2D eigenvalue weighted by molar-refractivity contribution is 1.00. The predicted octanol–water partition coefficient (Wildman–Crippen LogP) is 5.97. The molecule has 0 amide bonds. The van der Waals surface area contributed by atoms with Crippen molar-refractivity contribution >= 4 is 16.9 Å². The van der Waals surface area contributed by atoms with E-state index in [1.165, 1.54) is 5.56 Å². The zero-order valence-electron chi connectivity index (χ0n) is 18.7. The summed E-state index contributed by atoms with van der Waals surface area (Å²) in [6.45, 7) is 6.01. The van der Waals surface area contributed by atoms with E-state index in [2.05, 4.69) is 35.5 Å². The molecule has 0 radical (unpaired) electrons. The zero-order chi connectivity index (χ0) is 22.5. The summed E-state index contributed by atoms with van der Waals surface area (Å²) in [7, 11) is 0. The monoisotopic (exact) mass is 424 g/mol. The van der Waals surface area contributed by atoms with E-state index in [1.54, 1.807) is 6.07 Å². The molecule has 0 saturated heterocycles. The van der Waals surface area contributed by atoms with Crippen LogP contribution in [-0.2, 0) is 0 Å². The Labute approximate surface area is 188 Å². The first-order chi connectivity index (χ1) is 15.5. The number of anilines is 1. The van der Waals surface area contributed by atoms with Crippen LogP contribution in [-0.4, -0.2) is 14.5 Å². The summed E-state index contributed by atoms with van der Waals surface area (Å²) in [5.74, 6) is 0.724. The van der Waals surface area contributed by atoms with Crippen LogP contribution in [0.25, 0.3) is 16.7 Å². The molecule has 1 aliphatic rings. The number of aromatic nitrogens is 3. The number of hydrogen-bond donors (Lipinski definition) is 2. The molecule has 162 valence electrons. The second-order valence-electron chi connectivity index (χ2n) is 7.98. The Morgan fingerprint density at radius 3 is 2.47 bits per heavy atom. The number of aryl methyl sites for hydroxylation is 3. The molecule has 0 aliphatic heterocycles. The Hall–Kier alpha value is -3.86. The maximum atomic E-state index is 12.8. The SMILES string of the molecule is Cc1cc2c(=O)cc(NC3=CCCC=C3)n(-c3ccccc3)c2nc1C.Cc1cc[nH]c1. The Balaban J connectivity index is 0.000000354. The average molecular weight is 425 g/mol. The lowest BCUT2D eigenvalue weighted by Crippen LogP contribution is -2.16. The second kappa shape index (κ2) is 9.52. The topological polar surface area (TPSA) is 62.7 Å². The third kappa shape index (κ3) is 4.72. The fourth-order valence-corrected chi connectivity index (χ4v) is 3.62. The Bertz CT molecular complexity index is 1330. The van der Waals surface area contributed by atoms with Crippen LogP contribution in [0.2, 0.25) is 0 Å². The van der Waals surface area contributed by atoms with Crippen LogP contribution < -0.4 is 10.7 Å². The van der Waals surface area contributed by atoms with E-state index in [0.717, 1.165) is 41.3 Å². The lowest BCUT2D eigenvalue weighted by Gasteiger charge is -2.19. The third-order valence-electron chi connectivity index (χ3n) is 5.47. The van der Waals surface area contributed by atoms with E-state index in [0.29, 0.717) is 11.0 Å². The smallest absolute Gasteiger partial charge is 0.193 e. The molecule has 0 saturated carbocycles. The zero-order valence-corrected chi connectivity index (χ0v) is 18.7. The number of benzene rings is 1. The highest BCUT2D eigenvalue weighted by Crippen LogP contribution is 2.24. The molecule has 3 aromatic heterocycles. The molecule has 4 aromatic rings.